The normalized spacial score (nSPS) is 11.0. The fraction of sp³-hybridized carbons (Fsp3) is 0.0556. The predicted molar refractivity (Wildman–Crippen MR) is 86.8 cm³/mol. The quantitative estimate of drug-likeness (QED) is 0.563. The fourth-order valence-corrected chi connectivity index (χ4v) is 2.48. The Labute approximate surface area is 132 Å². The van der Waals surface area contributed by atoms with E-state index in [0.29, 0.717) is 11.4 Å². The van der Waals surface area contributed by atoms with Gasteiger partial charge in [0.1, 0.15) is 11.5 Å². The second-order valence-corrected chi connectivity index (χ2v) is 5.37. The lowest BCUT2D eigenvalue weighted by atomic mass is 10.2. The summed E-state index contributed by atoms with van der Waals surface area (Å²) in [5, 5.41) is 4.24. The zero-order valence-corrected chi connectivity index (χ0v) is 12.4. The molecule has 0 aliphatic carbocycles. The van der Waals surface area contributed by atoms with E-state index in [1.807, 2.05) is 37.3 Å². The molecule has 23 heavy (non-hydrogen) atoms. The van der Waals surface area contributed by atoms with Crippen LogP contribution < -0.4 is 0 Å². The van der Waals surface area contributed by atoms with Gasteiger partial charge in [-0.3, -0.25) is 4.98 Å². The molecule has 4 aromatic rings. The van der Waals surface area contributed by atoms with Gasteiger partial charge >= 0.3 is 0 Å². The first-order chi connectivity index (χ1) is 11.2. The van der Waals surface area contributed by atoms with Crippen LogP contribution >= 0.6 is 0 Å². The summed E-state index contributed by atoms with van der Waals surface area (Å²) in [7, 11) is 0. The highest BCUT2D eigenvalue weighted by atomic mass is 19.1. The van der Waals surface area contributed by atoms with Crippen molar-refractivity contribution in [3.8, 4) is 16.9 Å². The van der Waals surface area contributed by atoms with Crippen LogP contribution in [0, 0.1) is 12.7 Å². The van der Waals surface area contributed by atoms with E-state index in [4.69, 9.17) is 0 Å². The molecule has 0 atom stereocenters. The molecule has 2 aromatic heterocycles. The molecule has 2 heterocycles. The first kappa shape index (κ1) is 13.6. The van der Waals surface area contributed by atoms with Gasteiger partial charge in [0.2, 0.25) is 0 Å². The number of hydrogen-bond donors (Lipinski definition) is 0. The molecule has 4 nitrogen and oxygen atoms in total. The zero-order valence-electron chi connectivity index (χ0n) is 12.4. The summed E-state index contributed by atoms with van der Waals surface area (Å²) in [5.74, 6) is -0.302. The molecule has 0 saturated heterocycles. The number of halogens is 1. The third kappa shape index (κ3) is 2.46. The average Bonchev–Trinajstić information content (AvgIpc) is 3.04. The molecule has 4 rings (SSSR count). The van der Waals surface area contributed by atoms with Crippen LogP contribution in [0.1, 0.15) is 5.56 Å². The smallest absolute Gasteiger partial charge is 0.149 e. The van der Waals surface area contributed by atoms with Crippen molar-refractivity contribution < 1.29 is 4.39 Å². The van der Waals surface area contributed by atoms with E-state index in [2.05, 4.69) is 15.1 Å². The largest absolute Gasteiger partial charge is 0.252 e. The molecular formula is C18H13FN4. The van der Waals surface area contributed by atoms with Crippen molar-refractivity contribution >= 4 is 11.0 Å². The molecule has 2 aromatic carbocycles. The third-order valence-corrected chi connectivity index (χ3v) is 3.68. The van der Waals surface area contributed by atoms with Crippen LogP contribution in [0.4, 0.5) is 4.39 Å². The molecule has 0 N–H and O–H groups in total. The molecule has 0 fully saturated rings. The molecule has 0 spiro atoms. The Morgan fingerprint density at radius 1 is 1.00 bits per heavy atom. The molecule has 0 unspecified atom stereocenters. The van der Waals surface area contributed by atoms with E-state index in [1.54, 1.807) is 24.7 Å². The summed E-state index contributed by atoms with van der Waals surface area (Å²) >= 11 is 0. The minimum Gasteiger partial charge on any atom is -0.252 e. The minimum absolute atomic E-state index is 0.302. The first-order valence-corrected chi connectivity index (χ1v) is 7.24. The molecular weight excluding hydrogens is 291 g/mol. The van der Waals surface area contributed by atoms with Crippen LogP contribution in [0.5, 0.6) is 0 Å². The van der Waals surface area contributed by atoms with Crippen molar-refractivity contribution in [1.82, 2.24) is 19.7 Å². The van der Waals surface area contributed by atoms with Crippen molar-refractivity contribution in [2.75, 3.05) is 0 Å². The van der Waals surface area contributed by atoms with E-state index in [-0.39, 0.29) is 5.82 Å². The van der Waals surface area contributed by atoms with Gasteiger partial charge in [0.05, 0.1) is 29.1 Å². The Morgan fingerprint density at radius 3 is 2.65 bits per heavy atom. The Hall–Kier alpha value is -3.08. The lowest BCUT2D eigenvalue weighted by Crippen LogP contribution is -1.98. The first-order valence-electron chi connectivity index (χ1n) is 7.24. The molecule has 5 heteroatoms. The van der Waals surface area contributed by atoms with E-state index in [0.717, 1.165) is 22.2 Å². The van der Waals surface area contributed by atoms with Gasteiger partial charge in [-0.05, 0) is 36.8 Å². The monoisotopic (exact) mass is 304 g/mol. The zero-order chi connectivity index (χ0) is 15.8. The molecule has 0 saturated carbocycles. The van der Waals surface area contributed by atoms with Crippen molar-refractivity contribution in [1.29, 1.82) is 0 Å². The van der Waals surface area contributed by atoms with Gasteiger partial charge in [-0.1, -0.05) is 18.2 Å². The molecule has 0 radical (unpaired) electrons. The standard InChI is InChI=1S/C18H13FN4/c1-12-6-7-18(14(19)8-12)23-11-13(9-21-23)17-10-20-15-4-2-3-5-16(15)22-17/h2-11H,1H3. The summed E-state index contributed by atoms with van der Waals surface area (Å²) in [4.78, 5) is 8.97. The Bertz CT molecular complexity index is 1010. The number of rotatable bonds is 2. The molecule has 0 aliphatic heterocycles. The van der Waals surface area contributed by atoms with Crippen LogP contribution in [0.2, 0.25) is 0 Å². The topological polar surface area (TPSA) is 43.6 Å². The van der Waals surface area contributed by atoms with Crippen LogP contribution in [-0.4, -0.2) is 19.7 Å². The number of aromatic nitrogens is 4. The van der Waals surface area contributed by atoms with E-state index in [1.165, 1.54) is 10.7 Å². The molecule has 0 aliphatic rings. The number of para-hydroxylation sites is 2. The Kier molecular flexibility index (Phi) is 3.12. The molecule has 0 bridgehead atoms. The SMILES string of the molecule is Cc1ccc(-n2cc(-c3cnc4ccccc4n3)cn2)c(F)c1. The number of fused-ring (bicyclic) bond motifs is 1. The van der Waals surface area contributed by atoms with E-state index in [9.17, 15) is 4.39 Å². The summed E-state index contributed by atoms with van der Waals surface area (Å²) in [6.07, 6.45) is 5.12. The third-order valence-electron chi connectivity index (χ3n) is 3.68. The van der Waals surface area contributed by atoms with E-state index < -0.39 is 0 Å². The van der Waals surface area contributed by atoms with Crippen LogP contribution in [0.3, 0.4) is 0 Å². The summed E-state index contributed by atoms with van der Waals surface area (Å²) in [6, 6.07) is 12.7. The van der Waals surface area contributed by atoms with Crippen LogP contribution in [-0.2, 0) is 0 Å². The lowest BCUT2D eigenvalue weighted by molar-refractivity contribution is 0.609. The van der Waals surface area contributed by atoms with Gasteiger partial charge in [-0.2, -0.15) is 5.10 Å². The van der Waals surface area contributed by atoms with E-state index >= 15 is 0 Å². The van der Waals surface area contributed by atoms with Crippen LogP contribution in [0.15, 0.2) is 61.1 Å². The maximum absolute atomic E-state index is 14.1. The second-order valence-electron chi connectivity index (χ2n) is 5.37. The molecule has 0 amide bonds. The molecule has 112 valence electrons. The lowest BCUT2D eigenvalue weighted by Gasteiger charge is -2.03. The van der Waals surface area contributed by atoms with Gasteiger partial charge in [-0.15, -0.1) is 0 Å². The van der Waals surface area contributed by atoms with Gasteiger partial charge < -0.3 is 0 Å². The summed E-state index contributed by atoms with van der Waals surface area (Å²) in [5.41, 5.74) is 4.45. The number of hydrogen-bond acceptors (Lipinski definition) is 3. The van der Waals surface area contributed by atoms with Crippen molar-refractivity contribution in [3.63, 3.8) is 0 Å². The predicted octanol–water partition coefficient (Wildman–Crippen LogP) is 3.93. The van der Waals surface area contributed by atoms with Gasteiger partial charge in [0.25, 0.3) is 0 Å². The average molecular weight is 304 g/mol. The Balaban J connectivity index is 1.77. The maximum Gasteiger partial charge on any atom is 0.149 e. The van der Waals surface area contributed by atoms with Gasteiger partial charge in [-0.25, -0.2) is 14.1 Å². The Morgan fingerprint density at radius 2 is 1.83 bits per heavy atom. The summed E-state index contributed by atoms with van der Waals surface area (Å²) in [6.45, 7) is 1.85. The summed E-state index contributed by atoms with van der Waals surface area (Å²) < 4.78 is 15.6. The van der Waals surface area contributed by atoms with Crippen molar-refractivity contribution in [2.45, 2.75) is 6.92 Å². The van der Waals surface area contributed by atoms with Crippen molar-refractivity contribution in [3.05, 3.63) is 72.4 Å². The van der Waals surface area contributed by atoms with Gasteiger partial charge in [0, 0.05) is 11.8 Å². The van der Waals surface area contributed by atoms with Gasteiger partial charge in [0.15, 0.2) is 0 Å². The second kappa shape index (κ2) is 5.28. The number of nitrogens with zero attached hydrogens (tertiary/aromatic N) is 4. The minimum atomic E-state index is -0.302. The highest BCUT2D eigenvalue weighted by molar-refractivity contribution is 5.76. The maximum atomic E-state index is 14.1. The number of aryl methyl sites for hydroxylation is 1. The highest BCUT2D eigenvalue weighted by Crippen LogP contribution is 2.21. The van der Waals surface area contributed by atoms with Crippen LogP contribution in [0.25, 0.3) is 28.0 Å². The number of benzene rings is 2. The fourth-order valence-electron chi connectivity index (χ4n) is 2.48. The van der Waals surface area contributed by atoms with Crippen molar-refractivity contribution in [2.24, 2.45) is 0 Å². The highest BCUT2D eigenvalue weighted by Gasteiger charge is 2.09.